The van der Waals surface area contributed by atoms with E-state index in [0.29, 0.717) is 11.1 Å². The molecular weight excluding hydrogens is 472 g/mol. The topological polar surface area (TPSA) is 124 Å². The zero-order chi connectivity index (χ0) is 27.4. The Morgan fingerprint density at radius 3 is 2.32 bits per heavy atom. The Balaban J connectivity index is 1.59. The van der Waals surface area contributed by atoms with Crippen LogP contribution in [0.1, 0.15) is 92.4 Å². The summed E-state index contributed by atoms with van der Waals surface area (Å²) in [7, 11) is 0. The van der Waals surface area contributed by atoms with Crippen LogP contribution in [0.25, 0.3) is 0 Å². The molecule has 0 amide bonds. The van der Waals surface area contributed by atoms with Crippen LogP contribution in [0.2, 0.25) is 0 Å². The number of rotatable bonds is 10. The second-order valence-electron chi connectivity index (χ2n) is 12.7. The van der Waals surface area contributed by atoms with E-state index in [9.17, 15) is 30.0 Å². The SMILES string of the molecule is CCCCCCCCCC(=O)O[C@@]12[C@H](O)[C@@H](C)[C@@]3(O)[C@@H](C=C(CO)C[C@]4(O)C(=O)C(C)=C[C@@H]34)[C@H]1C2(C)C. The molecule has 0 saturated heterocycles. The van der Waals surface area contributed by atoms with Crippen molar-refractivity contribution in [2.45, 2.75) is 115 Å². The first kappa shape index (κ1) is 28.5. The van der Waals surface area contributed by atoms with Gasteiger partial charge in [0.05, 0.1) is 18.3 Å². The number of Topliss-reactive ketones (excluding diaryl/α,β-unsaturated/α-hetero) is 1. The number of aliphatic hydroxyl groups is 4. The number of ether oxygens (including phenoxy) is 1. The van der Waals surface area contributed by atoms with Crippen molar-refractivity contribution in [2.75, 3.05) is 6.61 Å². The lowest BCUT2D eigenvalue weighted by Crippen LogP contribution is -2.65. The maximum Gasteiger partial charge on any atom is 0.306 e. The van der Waals surface area contributed by atoms with Gasteiger partial charge in [0.15, 0.2) is 5.78 Å². The smallest absolute Gasteiger partial charge is 0.306 e. The monoisotopic (exact) mass is 518 g/mol. The molecular formula is C30H46O7. The quantitative estimate of drug-likeness (QED) is 0.198. The Labute approximate surface area is 221 Å². The summed E-state index contributed by atoms with van der Waals surface area (Å²) >= 11 is 0. The number of carbonyl (C=O) groups excluding carboxylic acids is 2. The van der Waals surface area contributed by atoms with Crippen molar-refractivity contribution < 1.29 is 34.8 Å². The van der Waals surface area contributed by atoms with Crippen LogP contribution in [-0.4, -0.2) is 61.7 Å². The Kier molecular flexibility index (Phi) is 7.61. The van der Waals surface area contributed by atoms with Gasteiger partial charge in [-0.1, -0.05) is 78.4 Å². The lowest BCUT2D eigenvalue weighted by Gasteiger charge is -2.52. The van der Waals surface area contributed by atoms with Gasteiger partial charge in [0.25, 0.3) is 0 Å². The largest absolute Gasteiger partial charge is 0.455 e. The van der Waals surface area contributed by atoms with E-state index in [-0.39, 0.29) is 25.4 Å². The normalized spacial score (nSPS) is 41.6. The van der Waals surface area contributed by atoms with Gasteiger partial charge < -0.3 is 25.2 Å². The van der Waals surface area contributed by atoms with E-state index in [2.05, 4.69) is 6.92 Å². The molecule has 0 bridgehead atoms. The fourth-order valence-corrected chi connectivity index (χ4v) is 8.13. The van der Waals surface area contributed by atoms with Crippen molar-refractivity contribution >= 4 is 11.8 Å². The van der Waals surface area contributed by atoms with Gasteiger partial charge in [0.2, 0.25) is 0 Å². The highest BCUT2D eigenvalue weighted by Gasteiger charge is 2.86. The highest BCUT2D eigenvalue weighted by molar-refractivity contribution is 6.04. The number of carbonyl (C=O) groups is 2. The van der Waals surface area contributed by atoms with Crippen LogP contribution in [0.4, 0.5) is 0 Å². The molecule has 7 heteroatoms. The summed E-state index contributed by atoms with van der Waals surface area (Å²) in [4.78, 5) is 26.1. The van der Waals surface area contributed by atoms with E-state index in [1.54, 1.807) is 26.0 Å². The molecule has 7 nitrogen and oxygen atoms in total. The van der Waals surface area contributed by atoms with E-state index >= 15 is 0 Å². The average Bonchev–Trinajstić information content (AvgIpc) is 3.28. The number of hydrogen-bond acceptors (Lipinski definition) is 7. The van der Waals surface area contributed by atoms with Crippen LogP contribution in [0.5, 0.6) is 0 Å². The molecule has 0 unspecified atom stereocenters. The number of fused-ring (bicyclic) bond motifs is 5. The van der Waals surface area contributed by atoms with Crippen LogP contribution in [0.15, 0.2) is 23.3 Å². The minimum Gasteiger partial charge on any atom is -0.455 e. The van der Waals surface area contributed by atoms with Crippen molar-refractivity contribution in [2.24, 2.45) is 29.1 Å². The van der Waals surface area contributed by atoms with Crippen molar-refractivity contribution in [1.29, 1.82) is 0 Å². The molecule has 2 fully saturated rings. The first-order chi connectivity index (χ1) is 17.3. The van der Waals surface area contributed by atoms with E-state index in [0.717, 1.165) is 19.3 Å². The fraction of sp³-hybridized carbons (Fsp3) is 0.800. The molecule has 8 atom stereocenters. The zero-order valence-corrected chi connectivity index (χ0v) is 23.1. The molecule has 0 radical (unpaired) electrons. The Hall–Kier alpha value is -1.54. The molecule has 0 aliphatic heterocycles. The van der Waals surface area contributed by atoms with Gasteiger partial charge in [-0.05, 0) is 24.5 Å². The highest BCUT2D eigenvalue weighted by Crippen LogP contribution is 2.76. The number of aliphatic hydroxyl groups excluding tert-OH is 2. The van der Waals surface area contributed by atoms with Gasteiger partial charge in [-0.15, -0.1) is 0 Å². The van der Waals surface area contributed by atoms with Crippen molar-refractivity contribution in [3.63, 3.8) is 0 Å². The standard InChI is InChI=1S/C30H46O7/c1-6-7-8-9-10-11-12-13-23(32)37-30-24(27(30,4)5)21-15-20(17-31)16-28(35)22(14-18(2)25(28)33)29(21,36)19(3)26(30)34/h14-15,19,21-22,24,26,31,34-36H,6-13,16-17H2,1-5H3/t19-,21+,22-,24+,26-,28-,29-,30-/m1/s1. The molecule has 0 spiro atoms. The van der Waals surface area contributed by atoms with Crippen LogP contribution in [0.3, 0.4) is 0 Å². The van der Waals surface area contributed by atoms with Gasteiger partial charge in [-0.3, -0.25) is 9.59 Å². The lowest BCUT2D eigenvalue weighted by molar-refractivity contribution is -0.219. The molecule has 4 aliphatic rings. The number of ketones is 1. The molecule has 4 aliphatic carbocycles. The summed E-state index contributed by atoms with van der Waals surface area (Å²) in [5.41, 5.74) is -4.53. The Morgan fingerprint density at radius 1 is 1.08 bits per heavy atom. The van der Waals surface area contributed by atoms with Gasteiger partial charge in [0, 0.05) is 41.9 Å². The Bertz CT molecular complexity index is 982. The zero-order valence-electron chi connectivity index (χ0n) is 23.1. The molecule has 0 aromatic carbocycles. The maximum absolute atomic E-state index is 13.0. The summed E-state index contributed by atoms with van der Waals surface area (Å²) in [5, 5.41) is 45.7. The predicted octanol–water partition coefficient (Wildman–Crippen LogP) is 3.62. The molecule has 0 heterocycles. The van der Waals surface area contributed by atoms with Crippen LogP contribution >= 0.6 is 0 Å². The molecule has 4 rings (SSSR count). The van der Waals surface area contributed by atoms with Crippen LogP contribution in [-0.2, 0) is 14.3 Å². The molecule has 4 N–H and O–H groups in total. The molecule has 208 valence electrons. The van der Waals surface area contributed by atoms with Crippen molar-refractivity contribution in [3.05, 3.63) is 23.3 Å². The number of unbranched alkanes of at least 4 members (excludes halogenated alkanes) is 6. The fourth-order valence-electron chi connectivity index (χ4n) is 8.13. The van der Waals surface area contributed by atoms with Crippen LogP contribution < -0.4 is 0 Å². The third-order valence-electron chi connectivity index (χ3n) is 10.3. The summed E-state index contributed by atoms with van der Waals surface area (Å²) in [6, 6.07) is 0. The average molecular weight is 519 g/mol. The van der Waals surface area contributed by atoms with Gasteiger partial charge >= 0.3 is 5.97 Å². The van der Waals surface area contributed by atoms with Gasteiger partial charge in [-0.25, -0.2) is 0 Å². The van der Waals surface area contributed by atoms with E-state index in [1.165, 1.54) is 25.7 Å². The number of hydrogen-bond donors (Lipinski definition) is 4. The Morgan fingerprint density at radius 2 is 1.70 bits per heavy atom. The summed E-state index contributed by atoms with van der Waals surface area (Å²) in [6.07, 6.45) is 10.0. The lowest BCUT2D eigenvalue weighted by atomic mass is 9.59. The second kappa shape index (κ2) is 9.89. The summed E-state index contributed by atoms with van der Waals surface area (Å²) in [6.45, 7) is 9.03. The minimum atomic E-state index is -1.89. The summed E-state index contributed by atoms with van der Waals surface area (Å²) in [5.74, 6) is -3.60. The van der Waals surface area contributed by atoms with E-state index in [1.807, 2.05) is 13.8 Å². The van der Waals surface area contributed by atoms with E-state index < -0.39 is 57.8 Å². The van der Waals surface area contributed by atoms with E-state index in [4.69, 9.17) is 4.74 Å². The molecule has 0 aromatic heterocycles. The maximum atomic E-state index is 13.0. The van der Waals surface area contributed by atoms with Crippen LogP contribution in [0, 0.1) is 29.1 Å². The molecule has 0 aromatic rings. The number of esters is 1. The molecule has 2 saturated carbocycles. The predicted molar refractivity (Wildman–Crippen MR) is 139 cm³/mol. The van der Waals surface area contributed by atoms with Crippen molar-refractivity contribution in [1.82, 2.24) is 0 Å². The second-order valence-corrected chi connectivity index (χ2v) is 12.7. The van der Waals surface area contributed by atoms with Gasteiger partial charge in [0.1, 0.15) is 11.2 Å². The van der Waals surface area contributed by atoms with Crippen molar-refractivity contribution in [3.8, 4) is 0 Å². The first-order valence-corrected chi connectivity index (χ1v) is 14.2. The highest BCUT2D eigenvalue weighted by atomic mass is 16.6. The molecule has 37 heavy (non-hydrogen) atoms. The first-order valence-electron chi connectivity index (χ1n) is 14.2. The third kappa shape index (κ3) is 4.07. The summed E-state index contributed by atoms with van der Waals surface area (Å²) < 4.78 is 6.14. The third-order valence-corrected chi connectivity index (χ3v) is 10.3. The minimum absolute atomic E-state index is 0.0827. The van der Waals surface area contributed by atoms with Gasteiger partial charge in [-0.2, -0.15) is 0 Å².